The van der Waals surface area contributed by atoms with E-state index >= 15 is 0 Å². The van der Waals surface area contributed by atoms with Gasteiger partial charge in [0, 0.05) is 17.5 Å². The molecule has 3 rings (SSSR count). The Bertz CT molecular complexity index is 624. The molecule has 2 heterocycles. The van der Waals surface area contributed by atoms with Gasteiger partial charge in [-0.3, -0.25) is 0 Å². The second-order valence-electron chi connectivity index (χ2n) is 3.84. The molecular formula is C18H24N2. The Balaban J connectivity index is 0.000000461. The number of aromatic nitrogens is 2. The number of hydrogen-bond acceptors (Lipinski definition) is 1. The quantitative estimate of drug-likeness (QED) is 0.580. The van der Waals surface area contributed by atoms with Crippen molar-refractivity contribution in [3.63, 3.8) is 0 Å². The Labute approximate surface area is 122 Å². The lowest BCUT2D eigenvalue weighted by Gasteiger charge is -1.98. The first-order valence-electron chi connectivity index (χ1n) is 7.35. The van der Waals surface area contributed by atoms with Crippen LogP contribution in [0, 0.1) is 6.92 Å². The monoisotopic (exact) mass is 268 g/mol. The van der Waals surface area contributed by atoms with Crippen molar-refractivity contribution < 1.29 is 0 Å². The van der Waals surface area contributed by atoms with Crippen LogP contribution in [0.1, 0.15) is 33.4 Å². The zero-order chi connectivity index (χ0) is 15.0. The summed E-state index contributed by atoms with van der Waals surface area (Å²) in [5.74, 6) is 0. The molecule has 0 N–H and O–H groups in total. The first-order valence-corrected chi connectivity index (χ1v) is 7.35. The number of benzene rings is 1. The van der Waals surface area contributed by atoms with Crippen LogP contribution >= 0.6 is 0 Å². The van der Waals surface area contributed by atoms with Crippen molar-refractivity contribution in [2.45, 2.75) is 34.6 Å². The van der Waals surface area contributed by atoms with E-state index in [1.165, 1.54) is 11.3 Å². The molecule has 0 aliphatic rings. The molecule has 0 aliphatic heterocycles. The van der Waals surface area contributed by atoms with Crippen molar-refractivity contribution in [1.82, 2.24) is 9.38 Å². The van der Waals surface area contributed by atoms with E-state index in [1.54, 1.807) is 0 Å². The molecule has 0 fully saturated rings. The maximum Gasteiger partial charge on any atom is 0.137 e. The third-order valence-corrected chi connectivity index (χ3v) is 2.82. The average molecular weight is 268 g/mol. The molecule has 20 heavy (non-hydrogen) atoms. The topological polar surface area (TPSA) is 17.3 Å². The summed E-state index contributed by atoms with van der Waals surface area (Å²) < 4.78 is 2.11. The molecule has 2 nitrogen and oxygen atoms in total. The van der Waals surface area contributed by atoms with Crippen LogP contribution in [0.15, 0.2) is 54.7 Å². The minimum absolute atomic E-state index is 0.999. The molecule has 0 saturated carbocycles. The molecule has 0 spiro atoms. The van der Waals surface area contributed by atoms with E-state index < -0.39 is 0 Å². The summed E-state index contributed by atoms with van der Waals surface area (Å²) in [6, 6.07) is 16.3. The van der Waals surface area contributed by atoms with Gasteiger partial charge in [-0.2, -0.15) is 0 Å². The van der Waals surface area contributed by atoms with E-state index in [0.29, 0.717) is 0 Å². The predicted octanol–water partition coefficient (Wildman–Crippen LogP) is 5.36. The van der Waals surface area contributed by atoms with E-state index in [1.807, 2.05) is 70.3 Å². The number of pyridine rings is 1. The smallest absolute Gasteiger partial charge is 0.137 e. The maximum atomic E-state index is 4.65. The second-order valence-corrected chi connectivity index (χ2v) is 3.84. The van der Waals surface area contributed by atoms with Gasteiger partial charge in [-0.05, 0) is 19.1 Å². The van der Waals surface area contributed by atoms with Crippen molar-refractivity contribution in [1.29, 1.82) is 0 Å². The largest absolute Gasteiger partial charge is 0.304 e. The predicted molar refractivity (Wildman–Crippen MR) is 88.1 cm³/mol. The normalized spacial score (nSPS) is 9.25. The van der Waals surface area contributed by atoms with Crippen LogP contribution in [0.5, 0.6) is 0 Å². The molecule has 1 aromatic carbocycles. The first kappa shape index (κ1) is 16.0. The zero-order valence-electron chi connectivity index (χ0n) is 13.1. The number of hydrogen-bond donors (Lipinski definition) is 0. The van der Waals surface area contributed by atoms with E-state index in [4.69, 9.17) is 0 Å². The van der Waals surface area contributed by atoms with Gasteiger partial charge in [0.2, 0.25) is 0 Å². The van der Waals surface area contributed by atoms with E-state index in [0.717, 1.165) is 11.3 Å². The minimum atomic E-state index is 0.999. The molecular weight excluding hydrogens is 244 g/mol. The SMILES string of the molecule is CC.CC.Cc1c(-c2ccccc2)nc2ccccn12. The van der Waals surface area contributed by atoms with Crippen LogP contribution in [0.25, 0.3) is 16.9 Å². The highest BCUT2D eigenvalue weighted by molar-refractivity contribution is 5.66. The number of imidazole rings is 1. The molecule has 0 saturated heterocycles. The Morgan fingerprint density at radius 1 is 0.800 bits per heavy atom. The highest BCUT2D eigenvalue weighted by atomic mass is 15.0. The highest BCUT2D eigenvalue weighted by Crippen LogP contribution is 2.22. The lowest BCUT2D eigenvalue weighted by atomic mass is 10.1. The number of rotatable bonds is 1. The van der Waals surface area contributed by atoms with Crippen LogP contribution in [0.2, 0.25) is 0 Å². The lowest BCUT2D eigenvalue weighted by molar-refractivity contribution is 1.11. The molecule has 2 aromatic heterocycles. The van der Waals surface area contributed by atoms with Gasteiger partial charge in [0.05, 0.1) is 5.69 Å². The van der Waals surface area contributed by atoms with Crippen molar-refractivity contribution >= 4 is 5.65 Å². The summed E-state index contributed by atoms with van der Waals surface area (Å²) in [5.41, 5.74) is 4.41. The third-order valence-electron chi connectivity index (χ3n) is 2.82. The van der Waals surface area contributed by atoms with Crippen LogP contribution < -0.4 is 0 Å². The summed E-state index contributed by atoms with van der Waals surface area (Å²) in [4.78, 5) is 4.65. The number of fused-ring (bicyclic) bond motifs is 1. The van der Waals surface area contributed by atoms with Gasteiger partial charge >= 0.3 is 0 Å². The Morgan fingerprint density at radius 2 is 1.40 bits per heavy atom. The molecule has 2 heteroatoms. The molecule has 0 radical (unpaired) electrons. The van der Waals surface area contributed by atoms with Gasteiger partial charge in [0.15, 0.2) is 0 Å². The fourth-order valence-electron chi connectivity index (χ4n) is 1.99. The van der Waals surface area contributed by atoms with Gasteiger partial charge in [0.25, 0.3) is 0 Å². The van der Waals surface area contributed by atoms with Crippen LogP contribution in [0.4, 0.5) is 0 Å². The van der Waals surface area contributed by atoms with E-state index in [9.17, 15) is 0 Å². The molecule has 0 unspecified atom stereocenters. The summed E-state index contributed by atoms with van der Waals surface area (Å²) in [6.45, 7) is 10.1. The number of nitrogens with zero attached hydrogens (tertiary/aromatic N) is 2. The Kier molecular flexibility index (Phi) is 6.51. The molecule has 0 aliphatic carbocycles. The molecule has 0 atom stereocenters. The van der Waals surface area contributed by atoms with Crippen molar-refractivity contribution in [3.05, 3.63) is 60.4 Å². The summed E-state index contributed by atoms with van der Waals surface area (Å²) >= 11 is 0. The highest BCUT2D eigenvalue weighted by Gasteiger charge is 2.08. The fraction of sp³-hybridized carbons (Fsp3) is 0.278. The minimum Gasteiger partial charge on any atom is -0.304 e. The summed E-state index contributed by atoms with van der Waals surface area (Å²) in [6.07, 6.45) is 2.05. The zero-order valence-corrected chi connectivity index (χ0v) is 13.1. The van der Waals surface area contributed by atoms with Crippen LogP contribution in [0.3, 0.4) is 0 Å². The fourth-order valence-corrected chi connectivity index (χ4v) is 1.99. The lowest BCUT2D eigenvalue weighted by Crippen LogP contribution is -1.85. The van der Waals surface area contributed by atoms with Gasteiger partial charge in [0.1, 0.15) is 5.65 Å². The molecule has 0 bridgehead atoms. The van der Waals surface area contributed by atoms with Gasteiger partial charge in [-0.25, -0.2) is 4.98 Å². The molecule has 0 amide bonds. The van der Waals surface area contributed by atoms with E-state index in [2.05, 4.69) is 28.4 Å². The summed E-state index contributed by atoms with van der Waals surface area (Å²) in [5, 5.41) is 0. The van der Waals surface area contributed by atoms with Crippen LogP contribution in [-0.4, -0.2) is 9.38 Å². The van der Waals surface area contributed by atoms with Crippen molar-refractivity contribution in [2.75, 3.05) is 0 Å². The van der Waals surface area contributed by atoms with Crippen molar-refractivity contribution in [2.24, 2.45) is 0 Å². The standard InChI is InChI=1S/C14H12N2.2C2H6/c1-11-14(12-7-3-2-4-8-12)15-13-9-5-6-10-16(11)13;2*1-2/h2-10H,1H3;2*1-2H3. The van der Waals surface area contributed by atoms with Gasteiger partial charge in [-0.15, -0.1) is 0 Å². The number of aryl methyl sites for hydroxylation is 1. The van der Waals surface area contributed by atoms with Gasteiger partial charge in [-0.1, -0.05) is 64.1 Å². The molecule has 106 valence electrons. The van der Waals surface area contributed by atoms with Crippen LogP contribution in [-0.2, 0) is 0 Å². The Morgan fingerprint density at radius 3 is 2.00 bits per heavy atom. The second kappa shape index (κ2) is 8.16. The van der Waals surface area contributed by atoms with E-state index in [-0.39, 0.29) is 0 Å². The van der Waals surface area contributed by atoms with Crippen molar-refractivity contribution in [3.8, 4) is 11.3 Å². The maximum absolute atomic E-state index is 4.65. The third kappa shape index (κ3) is 3.27. The average Bonchev–Trinajstić information content (AvgIpc) is 2.90. The Hall–Kier alpha value is -2.09. The van der Waals surface area contributed by atoms with Gasteiger partial charge < -0.3 is 4.40 Å². The summed E-state index contributed by atoms with van der Waals surface area (Å²) in [7, 11) is 0. The first-order chi connectivity index (χ1) is 9.86. The molecule has 3 aromatic rings.